The molecule has 0 spiro atoms. The summed E-state index contributed by atoms with van der Waals surface area (Å²) in [5, 5.41) is 0. The third-order valence-electron chi connectivity index (χ3n) is 3.30. The van der Waals surface area contributed by atoms with E-state index in [-0.39, 0.29) is 0 Å². The van der Waals surface area contributed by atoms with Crippen molar-refractivity contribution in [3.8, 4) is 0 Å². The number of hydrogen-bond donors (Lipinski definition) is 1. The number of rotatable bonds is 3. The smallest absolute Gasteiger partial charge is 0.262 e. The Hall–Kier alpha value is -1.33. The van der Waals surface area contributed by atoms with E-state index in [1.807, 2.05) is 45.0 Å². The molecule has 0 aliphatic carbocycles. The Labute approximate surface area is 134 Å². The van der Waals surface area contributed by atoms with Crippen LogP contribution in [-0.2, 0) is 10.0 Å². The first kappa shape index (κ1) is 16.0. The first-order valence-corrected chi connectivity index (χ1v) is 8.85. The Morgan fingerprint density at radius 3 is 2.19 bits per heavy atom. The molecule has 1 N–H and O–H groups in total. The molecule has 0 aromatic heterocycles. The molecule has 0 heterocycles. The van der Waals surface area contributed by atoms with Gasteiger partial charge in [-0.2, -0.15) is 0 Å². The van der Waals surface area contributed by atoms with Crippen LogP contribution in [0.3, 0.4) is 0 Å². The Balaban J connectivity index is 2.50. The molecule has 0 aliphatic heterocycles. The van der Waals surface area contributed by atoms with Gasteiger partial charge in [0.15, 0.2) is 0 Å². The number of anilines is 1. The van der Waals surface area contributed by atoms with Crippen molar-refractivity contribution in [2.45, 2.75) is 32.6 Å². The van der Waals surface area contributed by atoms with Crippen LogP contribution in [0.5, 0.6) is 0 Å². The predicted molar refractivity (Wildman–Crippen MR) is 90.3 cm³/mol. The first-order chi connectivity index (χ1) is 9.70. The van der Waals surface area contributed by atoms with Crippen molar-refractivity contribution in [1.29, 1.82) is 0 Å². The second-order valence-electron chi connectivity index (χ2n) is 5.31. The zero-order valence-corrected chi connectivity index (χ0v) is 14.9. The molecule has 0 amide bonds. The van der Waals surface area contributed by atoms with Crippen LogP contribution < -0.4 is 4.72 Å². The van der Waals surface area contributed by atoms with Gasteiger partial charge in [0.1, 0.15) is 0 Å². The van der Waals surface area contributed by atoms with Crippen molar-refractivity contribution in [3.05, 3.63) is 57.1 Å². The van der Waals surface area contributed by atoms with E-state index in [0.717, 1.165) is 26.7 Å². The minimum absolute atomic E-state index is 0.314. The van der Waals surface area contributed by atoms with Crippen molar-refractivity contribution in [3.63, 3.8) is 0 Å². The fraction of sp³-hybridized carbons (Fsp3) is 0.250. The third kappa shape index (κ3) is 3.47. The van der Waals surface area contributed by atoms with Gasteiger partial charge < -0.3 is 0 Å². The van der Waals surface area contributed by atoms with Crippen LogP contribution in [0.2, 0.25) is 0 Å². The van der Waals surface area contributed by atoms with Gasteiger partial charge >= 0.3 is 0 Å². The van der Waals surface area contributed by atoms with Crippen LogP contribution in [0.1, 0.15) is 22.3 Å². The van der Waals surface area contributed by atoms with E-state index in [1.54, 1.807) is 13.0 Å². The molecule has 0 saturated carbocycles. The number of aryl methyl sites for hydroxylation is 4. The van der Waals surface area contributed by atoms with E-state index >= 15 is 0 Å². The Bertz CT molecular complexity index is 775. The molecule has 21 heavy (non-hydrogen) atoms. The van der Waals surface area contributed by atoms with Crippen LogP contribution in [0.4, 0.5) is 5.69 Å². The lowest BCUT2D eigenvalue weighted by Crippen LogP contribution is -2.15. The molecule has 0 aliphatic rings. The van der Waals surface area contributed by atoms with Crippen LogP contribution in [0.25, 0.3) is 0 Å². The van der Waals surface area contributed by atoms with E-state index in [4.69, 9.17) is 0 Å². The Kier molecular flexibility index (Phi) is 4.44. The summed E-state index contributed by atoms with van der Waals surface area (Å²) in [6, 6.07) is 9.26. The maximum absolute atomic E-state index is 12.6. The van der Waals surface area contributed by atoms with E-state index < -0.39 is 10.0 Å². The number of halogens is 1. The van der Waals surface area contributed by atoms with Gasteiger partial charge in [0.25, 0.3) is 10.0 Å². The maximum Gasteiger partial charge on any atom is 0.262 e. The van der Waals surface area contributed by atoms with Crippen molar-refractivity contribution in [1.82, 2.24) is 0 Å². The van der Waals surface area contributed by atoms with Crippen LogP contribution in [0.15, 0.2) is 39.7 Å². The zero-order valence-electron chi connectivity index (χ0n) is 12.5. The average molecular weight is 368 g/mol. The molecule has 0 bridgehead atoms. The average Bonchev–Trinajstić information content (AvgIpc) is 2.36. The molecule has 112 valence electrons. The molecule has 0 saturated heterocycles. The summed E-state index contributed by atoms with van der Waals surface area (Å²) >= 11 is 3.43. The lowest BCUT2D eigenvalue weighted by molar-refractivity contribution is 0.600. The van der Waals surface area contributed by atoms with Gasteiger partial charge in [0.05, 0.1) is 10.6 Å². The van der Waals surface area contributed by atoms with Gasteiger partial charge in [-0.15, -0.1) is 0 Å². The molecule has 2 aromatic carbocycles. The minimum Gasteiger partial charge on any atom is -0.278 e. The lowest BCUT2D eigenvalue weighted by atomic mass is 10.1. The number of sulfonamides is 1. The standard InChI is InChI=1S/C16H18BrNO2S/c1-10-5-6-12(3)15(9-10)21(19,20)18-16-13(4)7-11(2)8-14(16)17/h5-9,18H,1-4H3. The van der Waals surface area contributed by atoms with Crippen molar-refractivity contribution in [2.75, 3.05) is 4.72 Å². The quantitative estimate of drug-likeness (QED) is 0.868. The van der Waals surface area contributed by atoms with Gasteiger partial charge in [-0.1, -0.05) is 18.2 Å². The van der Waals surface area contributed by atoms with Crippen LogP contribution >= 0.6 is 15.9 Å². The van der Waals surface area contributed by atoms with E-state index in [9.17, 15) is 8.42 Å². The molecule has 0 fully saturated rings. The van der Waals surface area contributed by atoms with Crippen molar-refractivity contribution in [2.24, 2.45) is 0 Å². The molecular formula is C16H18BrNO2S. The fourth-order valence-electron chi connectivity index (χ4n) is 2.23. The Morgan fingerprint density at radius 1 is 0.905 bits per heavy atom. The van der Waals surface area contributed by atoms with Crippen LogP contribution in [0, 0.1) is 27.7 Å². The molecule has 0 radical (unpaired) electrons. The van der Waals surface area contributed by atoms with E-state index in [0.29, 0.717) is 10.6 Å². The van der Waals surface area contributed by atoms with Gasteiger partial charge in [-0.25, -0.2) is 8.42 Å². The van der Waals surface area contributed by atoms with E-state index in [1.165, 1.54) is 0 Å². The summed E-state index contributed by atoms with van der Waals surface area (Å²) in [7, 11) is -3.60. The predicted octanol–water partition coefficient (Wildman–Crippen LogP) is 4.48. The molecule has 3 nitrogen and oxygen atoms in total. The van der Waals surface area contributed by atoms with Gasteiger partial charge in [-0.05, 0) is 78.0 Å². The topological polar surface area (TPSA) is 46.2 Å². The molecule has 5 heteroatoms. The third-order valence-corrected chi connectivity index (χ3v) is 5.42. The fourth-order valence-corrected chi connectivity index (χ4v) is 4.62. The molecule has 0 unspecified atom stereocenters. The number of hydrogen-bond acceptors (Lipinski definition) is 2. The second-order valence-corrected chi connectivity index (χ2v) is 7.82. The minimum atomic E-state index is -3.60. The first-order valence-electron chi connectivity index (χ1n) is 6.57. The summed E-state index contributed by atoms with van der Waals surface area (Å²) in [6.07, 6.45) is 0. The monoisotopic (exact) mass is 367 g/mol. The SMILES string of the molecule is Cc1cc(C)c(NS(=O)(=O)c2cc(C)ccc2C)c(Br)c1. The highest BCUT2D eigenvalue weighted by Gasteiger charge is 2.19. The molecule has 0 atom stereocenters. The van der Waals surface area contributed by atoms with E-state index in [2.05, 4.69) is 20.7 Å². The number of nitrogens with one attached hydrogen (secondary N) is 1. The zero-order chi connectivity index (χ0) is 15.8. The highest BCUT2D eigenvalue weighted by molar-refractivity contribution is 9.10. The van der Waals surface area contributed by atoms with Gasteiger partial charge in [0.2, 0.25) is 0 Å². The van der Waals surface area contributed by atoms with Gasteiger partial charge in [-0.3, -0.25) is 4.72 Å². The molecule has 2 rings (SSSR count). The summed E-state index contributed by atoms with van der Waals surface area (Å²) in [5.41, 5.74) is 4.20. The summed E-state index contributed by atoms with van der Waals surface area (Å²) in [6.45, 7) is 7.54. The largest absolute Gasteiger partial charge is 0.278 e. The molecule has 2 aromatic rings. The summed E-state index contributed by atoms with van der Waals surface area (Å²) in [5.74, 6) is 0. The van der Waals surface area contributed by atoms with Gasteiger partial charge in [0, 0.05) is 4.47 Å². The Morgan fingerprint density at radius 2 is 1.57 bits per heavy atom. The highest BCUT2D eigenvalue weighted by Crippen LogP contribution is 2.30. The van der Waals surface area contributed by atoms with Crippen molar-refractivity contribution < 1.29 is 8.42 Å². The van der Waals surface area contributed by atoms with Crippen molar-refractivity contribution >= 4 is 31.6 Å². The summed E-state index contributed by atoms with van der Waals surface area (Å²) in [4.78, 5) is 0.314. The second kappa shape index (κ2) is 5.81. The number of benzene rings is 2. The summed E-state index contributed by atoms with van der Waals surface area (Å²) < 4.78 is 28.7. The molecular weight excluding hydrogens is 350 g/mol. The maximum atomic E-state index is 12.6. The normalized spacial score (nSPS) is 11.5. The highest BCUT2D eigenvalue weighted by atomic mass is 79.9. The van der Waals surface area contributed by atoms with Crippen LogP contribution in [-0.4, -0.2) is 8.42 Å². The lowest BCUT2D eigenvalue weighted by Gasteiger charge is -2.15.